The molecule has 27 heavy (non-hydrogen) atoms. The summed E-state index contributed by atoms with van der Waals surface area (Å²) in [5, 5.41) is 15.2. The summed E-state index contributed by atoms with van der Waals surface area (Å²) < 4.78 is 6.67. The second-order valence-corrected chi connectivity index (χ2v) is 8.01. The van der Waals surface area contributed by atoms with Crippen molar-refractivity contribution in [2.45, 2.75) is 46.6 Å². The average Bonchev–Trinajstić information content (AvgIpc) is 3.20. The molecule has 0 spiro atoms. The van der Waals surface area contributed by atoms with E-state index < -0.39 is 0 Å². The Balaban J connectivity index is 1.72. The number of rotatable bonds is 3. The number of nitrogens with zero attached hydrogens (tertiary/aromatic N) is 4. The molecule has 0 radical (unpaired) electrons. The SMILES string of the molecule is Cc1ccccc1-n1ncc2c1CC(C)(C)C[C@H]2NC(=O)c1nonc1C. The molecule has 3 aromatic rings. The Morgan fingerprint density at radius 2 is 2.04 bits per heavy atom. The van der Waals surface area contributed by atoms with E-state index in [2.05, 4.69) is 58.3 Å². The predicted octanol–water partition coefficient (Wildman–Crippen LogP) is 3.32. The van der Waals surface area contributed by atoms with E-state index in [4.69, 9.17) is 0 Å². The predicted molar refractivity (Wildman–Crippen MR) is 99.6 cm³/mol. The van der Waals surface area contributed by atoms with Gasteiger partial charge in [-0.05, 0) is 48.9 Å². The van der Waals surface area contributed by atoms with E-state index in [-0.39, 0.29) is 23.1 Å². The molecule has 1 amide bonds. The highest BCUT2D eigenvalue weighted by Crippen LogP contribution is 2.41. The van der Waals surface area contributed by atoms with E-state index in [1.165, 1.54) is 0 Å². The molecule has 1 atom stereocenters. The molecule has 1 aliphatic rings. The number of nitrogens with one attached hydrogen (secondary N) is 1. The molecule has 0 aliphatic heterocycles. The van der Waals surface area contributed by atoms with E-state index in [1.807, 2.05) is 23.0 Å². The summed E-state index contributed by atoms with van der Waals surface area (Å²) in [4.78, 5) is 12.6. The standard InChI is InChI=1S/C20H23N5O2/c1-12-7-5-6-8-16(12)25-17-10-20(3,4)9-15(14(17)11-21-25)22-19(26)18-13(2)23-27-24-18/h5-8,11,15H,9-10H2,1-4H3,(H,22,26)/t15-/m1/s1. The van der Waals surface area contributed by atoms with Crippen molar-refractivity contribution in [3.05, 3.63) is 58.7 Å². The Hall–Kier alpha value is -2.96. The van der Waals surface area contributed by atoms with E-state index in [0.29, 0.717) is 5.69 Å². The van der Waals surface area contributed by atoms with Crippen LogP contribution in [-0.4, -0.2) is 26.0 Å². The zero-order chi connectivity index (χ0) is 19.2. The van der Waals surface area contributed by atoms with Crippen molar-refractivity contribution in [3.8, 4) is 5.69 Å². The van der Waals surface area contributed by atoms with Crippen LogP contribution in [0.15, 0.2) is 35.1 Å². The minimum absolute atomic E-state index is 0.0303. The van der Waals surface area contributed by atoms with Crippen molar-refractivity contribution in [1.82, 2.24) is 25.4 Å². The molecule has 4 rings (SSSR count). The highest BCUT2D eigenvalue weighted by atomic mass is 16.6. The quantitative estimate of drug-likeness (QED) is 0.769. The highest BCUT2D eigenvalue weighted by Gasteiger charge is 2.36. The van der Waals surface area contributed by atoms with Gasteiger partial charge in [0.2, 0.25) is 0 Å². The number of carbonyl (C=O) groups excluding carboxylic acids is 1. The number of hydrogen-bond donors (Lipinski definition) is 1. The fourth-order valence-electron chi connectivity index (χ4n) is 3.84. The van der Waals surface area contributed by atoms with Gasteiger partial charge in [0.1, 0.15) is 5.69 Å². The van der Waals surface area contributed by atoms with Gasteiger partial charge < -0.3 is 5.32 Å². The van der Waals surface area contributed by atoms with Crippen molar-refractivity contribution in [3.63, 3.8) is 0 Å². The van der Waals surface area contributed by atoms with Crippen molar-refractivity contribution in [1.29, 1.82) is 0 Å². The second-order valence-electron chi connectivity index (χ2n) is 8.01. The molecule has 1 aliphatic carbocycles. The maximum atomic E-state index is 12.6. The Kier molecular flexibility index (Phi) is 4.09. The summed E-state index contributed by atoms with van der Waals surface area (Å²) >= 11 is 0. The van der Waals surface area contributed by atoms with Crippen LogP contribution in [0.25, 0.3) is 5.69 Å². The van der Waals surface area contributed by atoms with Crippen LogP contribution in [0.1, 0.15) is 59.3 Å². The first-order valence-electron chi connectivity index (χ1n) is 9.08. The van der Waals surface area contributed by atoms with Crippen LogP contribution in [0, 0.1) is 19.3 Å². The van der Waals surface area contributed by atoms with Crippen molar-refractivity contribution < 1.29 is 9.42 Å². The molecule has 0 unspecified atom stereocenters. The molecule has 1 aromatic carbocycles. The lowest BCUT2D eigenvalue weighted by Gasteiger charge is -2.36. The Labute approximate surface area is 157 Å². The molecular formula is C20H23N5O2. The van der Waals surface area contributed by atoms with Crippen LogP contribution < -0.4 is 5.32 Å². The zero-order valence-corrected chi connectivity index (χ0v) is 16.0. The van der Waals surface area contributed by atoms with E-state index in [1.54, 1.807) is 6.92 Å². The fraction of sp³-hybridized carbons (Fsp3) is 0.400. The van der Waals surface area contributed by atoms with Gasteiger partial charge in [0.15, 0.2) is 5.69 Å². The topological polar surface area (TPSA) is 85.8 Å². The first kappa shape index (κ1) is 17.5. The largest absolute Gasteiger partial charge is 0.344 e. The fourth-order valence-corrected chi connectivity index (χ4v) is 3.84. The third kappa shape index (κ3) is 3.13. The zero-order valence-electron chi connectivity index (χ0n) is 16.0. The molecular weight excluding hydrogens is 342 g/mol. The van der Waals surface area contributed by atoms with Crippen LogP contribution in [0.3, 0.4) is 0 Å². The molecule has 0 saturated carbocycles. The molecule has 1 N–H and O–H groups in total. The van der Waals surface area contributed by atoms with Gasteiger partial charge in [-0.2, -0.15) is 5.10 Å². The third-order valence-corrected chi connectivity index (χ3v) is 5.20. The van der Waals surface area contributed by atoms with Gasteiger partial charge in [0, 0.05) is 5.56 Å². The van der Waals surface area contributed by atoms with Crippen molar-refractivity contribution in [2.24, 2.45) is 5.41 Å². The monoisotopic (exact) mass is 365 g/mol. The number of amides is 1. The first-order chi connectivity index (χ1) is 12.9. The van der Waals surface area contributed by atoms with E-state index in [0.717, 1.165) is 35.3 Å². The summed E-state index contributed by atoms with van der Waals surface area (Å²) in [7, 11) is 0. The lowest BCUT2D eigenvalue weighted by Crippen LogP contribution is -2.37. The van der Waals surface area contributed by atoms with Gasteiger partial charge in [-0.3, -0.25) is 4.79 Å². The van der Waals surface area contributed by atoms with Gasteiger partial charge in [-0.25, -0.2) is 9.31 Å². The number of carbonyl (C=O) groups is 1. The van der Waals surface area contributed by atoms with Crippen LogP contribution in [0.5, 0.6) is 0 Å². The van der Waals surface area contributed by atoms with Gasteiger partial charge in [-0.15, -0.1) is 0 Å². The normalized spacial score (nSPS) is 18.1. The minimum Gasteiger partial charge on any atom is -0.344 e. The van der Waals surface area contributed by atoms with Gasteiger partial charge >= 0.3 is 0 Å². The molecule has 7 nitrogen and oxygen atoms in total. The third-order valence-electron chi connectivity index (χ3n) is 5.20. The summed E-state index contributed by atoms with van der Waals surface area (Å²) in [6.07, 6.45) is 3.60. The minimum atomic E-state index is -0.272. The maximum absolute atomic E-state index is 12.6. The summed E-state index contributed by atoms with van der Waals surface area (Å²) in [5.41, 5.74) is 5.17. The van der Waals surface area contributed by atoms with Crippen LogP contribution in [-0.2, 0) is 6.42 Å². The summed E-state index contributed by atoms with van der Waals surface area (Å²) in [5.74, 6) is -0.272. The lowest BCUT2D eigenvalue weighted by atomic mass is 9.74. The second kappa shape index (κ2) is 6.33. The first-order valence-corrected chi connectivity index (χ1v) is 9.08. The Bertz CT molecular complexity index is 1000. The number of fused-ring (bicyclic) bond motifs is 1. The molecule has 2 heterocycles. The number of aromatic nitrogens is 4. The average molecular weight is 365 g/mol. The molecule has 0 fully saturated rings. The number of para-hydroxylation sites is 1. The maximum Gasteiger partial charge on any atom is 0.275 e. The number of benzene rings is 1. The van der Waals surface area contributed by atoms with Crippen LogP contribution >= 0.6 is 0 Å². The Morgan fingerprint density at radius 1 is 1.26 bits per heavy atom. The Morgan fingerprint density at radius 3 is 2.74 bits per heavy atom. The molecule has 0 saturated heterocycles. The number of aryl methyl sites for hydroxylation is 2. The molecule has 0 bridgehead atoms. The molecule has 7 heteroatoms. The van der Waals surface area contributed by atoms with Crippen molar-refractivity contribution >= 4 is 5.91 Å². The van der Waals surface area contributed by atoms with Gasteiger partial charge in [-0.1, -0.05) is 37.2 Å². The lowest BCUT2D eigenvalue weighted by molar-refractivity contribution is 0.0909. The number of hydrogen-bond acceptors (Lipinski definition) is 5. The molecule has 2 aromatic heterocycles. The van der Waals surface area contributed by atoms with Crippen molar-refractivity contribution in [2.75, 3.05) is 0 Å². The van der Waals surface area contributed by atoms with Gasteiger partial charge in [0.05, 0.1) is 23.6 Å². The summed E-state index contributed by atoms with van der Waals surface area (Å²) in [6, 6.07) is 8.06. The highest BCUT2D eigenvalue weighted by molar-refractivity contribution is 5.93. The van der Waals surface area contributed by atoms with Gasteiger partial charge in [0.25, 0.3) is 5.91 Å². The van der Waals surface area contributed by atoms with Crippen LogP contribution in [0.2, 0.25) is 0 Å². The van der Waals surface area contributed by atoms with E-state index in [9.17, 15) is 4.79 Å². The van der Waals surface area contributed by atoms with E-state index >= 15 is 0 Å². The smallest absolute Gasteiger partial charge is 0.275 e. The summed E-state index contributed by atoms with van der Waals surface area (Å²) in [6.45, 7) is 8.22. The van der Waals surface area contributed by atoms with Crippen LogP contribution in [0.4, 0.5) is 0 Å². The molecule has 140 valence electrons.